The number of nitrogens with zero attached hydrogens (tertiary/aromatic N) is 2. The van der Waals surface area contributed by atoms with Gasteiger partial charge in [-0.25, -0.2) is 8.78 Å². The van der Waals surface area contributed by atoms with Crippen LogP contribution in [0.15, 0.2) is 84.6 Å². The number of hydrogen-bond acceptors (Lipinski definition) is 3. The minimum atomic E-state index is -1.23. The van der Waals surface area contributed by atoms with Crippen molar-refractivity contribution in [3.8, 4) is 6.07 Å². The van der Waals surface area contributed by atoms with Gasteiger partial charge in [0.1, 0.15) is 23.3 Å². The number of carbonyl (C=O) groups excluding carboxylic acids is 1. The van der Waals surface area contributed by atoms with Crippen LogP contribution in [0.2, 0.25) is 0 Å². The monoisotopic (exact) mass is 400 g/mol. The summed E-state index contributed by atoms with van der Waals surface area (Å²) in [5.74, 6) is -1.80. The largest absolute Gasteiger partial charge is 0.298 e. The fraction of sp³-hybridized carbons (Fsp3) is 0.160. The first kappa shape index (κ1) is 19.7. The molecule has 0 bridgehead atoms. The molecular weight excluding hydrogens is 382 g/mol. The van der Waals surface area contributed by atoms with Crippen molar-refractivity contribution in [1.82, 2.24) is 4.98 Å². The molecule has 0 saturated carbocycles. The lowest BCUT2D eigenvalue weighted by atomic mass is 9.55. The van der Waals surface area contributed by atoms with Gasteiger partial charge in [-0.05, 0) is 59.5 Å². The zero-order valence-electron chi connectivity index (χ0n) is 16.0. The third-order valence-corrected chi connectivity index (χ3v) is 5.81. The molecule has 30 heavy (non-hydrogen) atoms. The Hall–Kier alpha value is -3.65. The van der Waals surface area contributed by atoms with Gasteiger partial charge in [-0.1, -0.05) is 36.4 Å². The van der Waals surface area contributed by atoms with Gasteiger partial charge in [-0.15, -0.1) is 0 Å². The highest BCUT2D eigenvalue weighted by atomic mass is 19.1. The first-order chi connectivity index (χ1) is 14.6. The van der Waals surface area contributed by atoms with Gasteiger partial charge in [0.2, 0.25) is 0 Å². The third kappa shape index (κ3) is 3.21. The molecule has 0 aliphatic heterocycles. The number of carbonyl (C=O) groups is 1. The van der Waals surface area contributed by atoms with Crippen molar-refractivity contribution in [2.24, 2.45) is 0 Å². The Morgan fingerprint density at radius 3 is 2.13 bits per heavy atom. The molecule has 0 spiro atoms. The van der Waals surface area contributed by atoms with E-state index in [-0.39, 0.29) is 11.7 Å². The summed E-state index contributed by atoms with van der Waals surface area (Å²) in [6.07, 6.45) is 4.59. The molecule has 4 rings (SSSR count). The Kier molecular flexibility index (Phi) is 5.24. The predicted molar refractivity (Wildman–Crippen MR) is 109 cm³/mol. The normalized spacial score (nSPS) is 23.3. The number of allylic oxidation sites excluding steroid dienone is 2. The number of benzene rings is 2. The molecule has 3 nitrogen and oxygen atoms in total. The highest BCUT2D eigenvalue weighted by Gasteiger charge is 2.53. The Morgan fingerprint density at radius 1 is 0.967 bits per heavy atom. The number of rotatable bonds is 4. The number of aromatic nitrogens is 1. The van der Waals surface area contributed by atoms with E-state index in [2.05, 4.69) is 11.1 Å². The molecule has 0 saturated heterocycles. The lowest BCUT2D eigenvalue weighted by molar-refractivity contribution is -0.105. The average Bonchev–Trinajstić information content (AvgIpc) is 2.80. The first-order valence-corrected chi connectivity index (χ1v) is 9.59. The quantitative estimate of drug-likeness (QED) is 0.565. The standard InChI is InChI=1S/C25H18F2N2O/c26-20-9-4-17(5-10-20)22-13-8-19(15-30)24(18-6-11-21(27)12-7-18)25(22,16-28)23-3-1-2-14-29-23/h1-12,14-15,22,24H,13H2/t22-,24+,25+/m0/s1. The molecule has 3 aromatic rings. The van der Waals surface area contributed by atoms with Gasteiger partial charge in [0, 0.05) is 18.0 Å². The molecular formula is C25H18F2N2O. The lowest BCUT2D eigenvalue weighted by Gasteiger charge is -2.44. The second-order valence-corrected chi connectivity index (χ2v) is 7.34. The van der Waals surface area contributed by atoms with E-state index in [1.807, 2.05) is 6.08 Å². The molecule has 5 heteroatoms. The lowest BCUT2D eigenvalue weighted by Crippen LogP contribution is -2.43. The topological polar surface area (TPSA) is 53.8 Å². The maximum Gasteiger partial charge on any atom is 0.146 e. The van der Waals surface area contributed by atoms with Crippen molar-refractivity contribution in [2.75, 3.05) is 0 Å². The van der Waals surface area contributed by atoms with Crippen LogP contribution in [0.1, 0.15) is 35.1 Å². The second kappa shape index (κ2) is 8.00. The van der Waals surface area contributed by atoms with E-state index in [0.29, 0.717) is 23.3 Å². The molecule has 2 aromatic carbocycles. The van der Waals surface area contributed by atoms with Crippen molar-refractivity contribution in [1.29, 1.82) is 5.26 Å². The Morgan fingerprint density at radius 2 is 1.60 bits per heavy atom. The SMILES string of the molecule is N#C[C@]1(c2ccccn2)[C@H](c2ccc(F)cc2)CC=C(C=O)[C@H]1c1ccc(F)cc1. The smallest absolute Gasteiger partial charge is 0.146 e. The molecule has 0 amide bonds. The van der Waals surface area contributed by atoms with Crippen molar-refractivity contribution < 1.29 is 13.6 Å². The van der Waals surface area contributed by atoms with Crippen molar-refractivity contribution in [3.05, 3.63) is 113 Å². The summed E-state index contributed by atoms with van der Waals surface area (Å²) in [5, 5.41) is 10.6. The second-order valence-electron chi connectivity index (χ2n) is 7.34. The van der Waals surface area contributed by atoms with Crippen LogP contribution in [0.25, 0.3) is 0 Å². The van der Waals surface area contributed by atoms with E-state index in [4.69, 9.17) is 0 Å². The summed E-state index contributed by atoms with van der Waals surface area (Å²) < 4.78 is 27.2. The van der Waals surface area contributed by atoms with Crippen molar-refractivity contribution >= 4 is 6.29 Å². The molecule has 1 heterocycles. The van der Waals surface area contributed by atoms with Crippen LogP contribution < -0.4 is 0 Å². The molecule has 1 aliphatic rings. The maximum atomic E-state index is 13.6. The number of aldehydes is 1. The predicted octanol–water partition coefficient (Wildman–Crippen LogP) is 5.22. The van der Waals surface area contributed by atoms with E-state index in [0.717, 1.165) is 11.8 Å². The van der Waals surface area contributed by atoms with Gasteiger partial charge in [0.25, 0.3) is 0 Å². The Balaban J connectivity index is 2.01. The van der Waals surface area contributed by atoms with Crippen LogP contribution in [0.4, 0.5) is 8.78 Å². The third-order valence-electron chi connectivity index (χ3n) is 5.81. The molecule has 148 valence electrons. The fourth-order valence-electron chi connectivity index (χ4n) is 4.48. The summed E-state index contributed by atoms with van der Waals surface area (Å²) >= 11 is 0. The number of nitriles is 1. The van der Waals surface area contributed by atoms with Gasteiger partial charge < -0.3 is 0 Å². The molecule has 0 fully saturated rings. The molecule has 1 aliphatic carbocycles. The zero-order chi connectivity index (χ0) is 21.1. The number of halogens is 2. The van der Waals surface area contributed by atoms with Gasteiger partial charge in [0.05, 0.1) is 11.8 Å². The maximum absolute atomic E-state index is 13.6. The van der Waals surface area contributed by atoms with E-state index in [1.165, 1.54) is 24.3 Å². The van der Waals surface area contributed by atoms with Gasteiger partial charge >= 0.3 is 0 Å². The number of hydrogen-bond donors (Lipinski definition) is 0. The number of pyridine rings is 1. The summed E-state index contributed by atoms with van der Waals surface area (Å²) in [4.78, 5) is 16.5. The highest BCUT2D eigenvalue weighted by molar-refractivity contribution is 5.78. The summed E-state index contributed by atoms with van der Waals surface area (Å²) in [6.45, 7) is 0. The van der Waals surface area contributed by atoms with E-state index in [1.54, 1.807) is 48.7 Å². The van der Waals surface area contributed by atoms with Gasteiger partial charge in [-0.2, -0.15) is 5.26 Å². The first-order valence-electron chi connectivity index (χ1n) is 9.59. The summed E-state index contributed by atoms with van der Waals surface area (Å²) in [6, 6.07) is 19.7. The van der Waals surface area contributed by atoms with Crippen molar-refractivity contribution in [2.45, 2.75) is 23.7 Å². The Labute approximate surface area is 173 Å². The van der Waals surface area contributed by atoms with Crippen LogP contribution in [0.5, 0.6) is 0 Å². The van der Waals surface area contributed by atoms with Crippen molar-refractivity contribution in [3.63, 3.8) is 0 Å². The van der Waals surface area contributed by atoms with E-state index in [9.17, 15) is 18.8 Å². The average molecular weight is 400 g/mol. The van der Waals surface area contributed by atoms with Crippen LogP contribution in [-0.4, -0.2) is 11.3 Å². The summed E-state index contributed by atoms with van der Waals surface area (Å²) in [5.41, 5.74) is 1.16. The van der Waals surface area contributed by atoms with Crippen LogP contribution >= 0.6 is 0 Å². The van der Waals surface area contributed by atoms with Crippen LogP contribution in [0, 0.1) is 23.0 Å². The molecule has 0 radical (unpaired) electrons. The molecule has 0 unspecified atom stereocenters. The molecule has 3 atom stereocenters. The molecule has 0 N–H and O–H groups in total. The zero-order valence-corrected chi connectivity index (χ0v) is 16.0. The van der Waals surface area contributed by atoms with Gasteiger partial charge in [0.15, 0.2) is 0 Å². The minimum absolute atomic E-state index is 0.367. The van der Waals surface area contributed by atoms with Crippen LogP contribution in [0.3, 0.4) is 0 Å². The minimum Gasteiger partial charge on any atom is -0.298 e. The highest BCUT2D eigenvalue weighted by Crippen LogP contribution is 2.55. The Bertz CT molecular complexity index is 1120. The van der Waals surface area contributed by atoms with E-state index < -0.39 is 17.2 Å². The van der Waals surface area contributed by atoms with Gasteiger partial charge in [-0.3, -0.25) is 9.78 Å². The molecule has 1 aromatic heterocycles. The van der Waals surface area contributed by atoms with Crippen LogP contribution in [-0.2, 0) is 10.2 Å². The summed E-state index contributed by atoms with van der Waals surface area (Å²) in [7, 11) is 0. The fourth-order valence-corrected chi connectivity index (χ4v) is 4.48. The van der Waals surface area contributed by atoms with E-state index >= 15 is 0 Å².